The maximum absolute atomic E-state index is 2.93. The fourth-order valence-electron chi connectivity index (χ4n) is 0.421. The Bertz CT molecular complexity index is 140. The van der Waals surface area contributed by atoms with Gasteiger partial charge in [-0.25, -0.2) is 0 Å². The monoisotopic (exact) mass is 122 g/mol. The van der Waals surface area contributed by atoms with Crippen molar-refractivity contribution in [3.05, 3.63) is 0 Å². The zero-order valence-electron chi connectivity index (χ0n) is 5.99. The Labute approximate surface area is 56.8 Å². The first-order valence-electron chi connectivity index (χ1n) is 3.02. The van der Waals surface area contributed by atoms with E-state index in [0.29, 0.717) is 0 Å². The minimum atomic E-state index is 0.866. The summed E-state index contributed by atoms with van der Waals surface area (Å²) in [5.41, 5.74) is 0. The number of hydrogen-bond acceptors (Lipinski definition) is 0. The van der Waals surface area contributed by atoms with Crippen LogP contribution in [0.15, 0.2) is 0 Å². The molecule has 0 saturated heterocycles. The van der Waals surface area contributed by atoms with E-state index in [2.05, 4.69) is 29.0 Å². The molecule has 0 heterocycles. The summed E-state index contributed by atoms with van der Waals surface area (Å²) in [7, 11) is 0. The van der Waals surface area contributed by atoms with E-state index in [-0.39, 0.29) is 0 Å². The van der Waals surface area contributed by atoms with Gasteiger partial charge in [-0.1, -0.05) is 0 Å². The fourth-order valence-corrected chi connectivity index (χ4v) is 0.421. The Balaban J connectivity index is 3.04. The Morgan fingerprint density at radius 3 is 1.78 bits per heavy atom. The molecule has 0 fully saturated rings. The van der Waals surface area contributed by atoms with Crippen molar-refractivity contribution in [3.63, 3.8) is 0 Å². The van der Waals surface area contributed by atoms with Gasteiger partial charge in [0.1, 0.15) is 13.1 Å². The average molecular weight is 122 g/mol. The van der Waals surface area contributed by atoms with Crippen molar-refractivity contribution >= 4 is 0 Å². The van der Waals surface area contributed by atoms with Crippen molar-refractivity contribution in [2.75, 3.05) is 13.1 Å². The minimum Gasteiger partial charge on any atom is -0.326 e. The minimum absolute atomic E-state index is 0.866. The van der Waals surface area contributed by atoms with Crippen LogP contribution in [0.1, 0.15) is 13.8 Å². The average Bonchev–Trinajstić information content (AvgIpc) is 1.89. The van der Waals surface area contributed by atoms with Crippen molar-refractivity contribution in [3.8, 4) is 23.7 Å². The van der Waals surface area contributed by atoms with Gasteiger partial charge in [0.05, 0.1) is 0 Å². The molecule has 0 amide bonds. The predicted octanol–water partition coefficient (Wildman–Crippen LogP) is -0.404. The molecule has 0 bridgehead atoms. The quantitative estimate of drug-likeness (QED) is 0.379. The van der Waals surface area contributed by atoms with Gasteiger partial charge in [-0.05, 0) is 25.7 Å². The summed E-state index contributed by atoms with van der Waals surface area (Å²) in [6.07, 6.45) is 0. The third-order valence-electron chi connectivity index (χ3n) is 0.846. The van der Waals surface area contributed by atoms with Crippen LogP contribution in [0.5, 0.6) is 0 Å². The highest BCUT2D eigenvalue weighted by molar-refractivity contribution is 4.96. The fraction of sp³-hybridized carbons (Fsp3) is 0.500. The molecule has 2 N–H and O–H groups in total. The van der Waals surface area contributed by atoms with Gasteiger partial charge in [0, 0.05) is 0 Å². The first kappa shape index (κ1) is 8.08. The second-order valence-electron chi connectivity index (χ2n) is 1.55. The van der Waals surface area contributed by atoms with Crippen LogP contribution in [0.4, 0.5) is 0 Å². The Morgan fingerprint density at radius 1 is 1.00 bits per heavy atom. The van der Waals surface area contributed by atoms with Crippen molar-refractivity contribution in [1.82, 2.24) is 0 Å². The van der Waals surface area contributed by atoms with Crippen LogP contribution < -0.4 is 5.32 Å². The summed E-state index contributed by atoms with van der Waals surface area (Å²) < 4.78 is 0. The normalized spacial score (nSPS) is 6.44. The Morgan fingerprint density at radius 2 is 1.44 bits per heavy atom. The SMILES string of the molecule is CC#CC[NH2+]CC#CC. The largest absolute Gasteiger partial charge is 0.326 e. The van der Waals surface area contributed by atoms with E-state index >= 15 is 0 Å². The van der Waals surface area contributed by atoms with Crippen LogP contribution in [0.2, 0.25) is 0 Å². The van der Waals surface area contributed by atoms with Gasteiger partial charge in [0.15, 0.2) is 0 Å². The highest BCUT2D eigenvalue weighted by Crippen LogP contribution is 1.45. The second-order valence-corrected chi connectivity index (χ2v) is 1.55. The lowest BCUT2D eigenvalue weighted by atomic mass is 10.5. The molecule has 48 valence electrons. The Kier molecular flexibility index (Phi) is 6.36. The summed E-state index contributed by atoms with van der Waals surface area (Å²) in [5.74, 6) is 11.5. The molecule has 1 nitrogen and oxygen atoms in total. The molecular formula is C8H12N+. The van der Waals surface area contributed by atoms with Crippen molar-refractivity contribution in [2.24, 2.45) is 0 Å². The van der Waals surface area contributed by atoms with Crippen LogP contribution in [0.3, 0.4) is 0 Å². The second kappa shape index (κ2) is 7.08. The Hall–Kier alpha value is -0.920. The molecule has 0 atom stereocenters. The summed E-state index contributed by atoms with van der Waals surface area (Å²) in [6, 6.07) is 0. The summed E-state index contributed by atoms with van der Waals surface area (Å²) in [5, 5.41) is 2.08. The molecular weight excluding hydrogens is 110 g/mol. The van der Waals surface area contributed by atoms with Crippen LogP contribution in [-0.2, 0) is 0 Å². The summed E-state index contributed by atoms with van der Waals surface area (Å²) in [6.45, 7) is 5.43. The van der Waals surface area contributed by atoms with E-state index in [4.69, 9.17) is 0 Å². The molecule has 0 aliphatic carbocycles. The van der Waals surface area contributed by atoms with Crippen molar-refractivity contribution < 1.29 is 5.32 Å². The van der Waals surface area contributed by atoms with E-state index in [1.807, 2.05) is 13.8 Å². The zero-order valence-corrected chi connectivity index (χ0v) is 5.99. The third kappa shape index (κ3) is 7.08. The van der Waals surface area contributed by atoms with E-state index in [1.54, 1.807) is 0 Å². The molecule has 0 aliphatic heterocycles. The lowest BCUT2D eigenvalue weighted by Crippen LogP contribution is -2.83. The van der Waals surface area contributed by atoms with Gasteiger partial charge in [-0.15, -0.1) is 11.8 Å². The van der Waals surface area contributed by atoms with E-state index in [9.17, 15) is 0 Å². The molecule has 0 aliphatic rings. The maximum Gasteiger partial charge on any atom is 0.138 e. The molecule has 0 saturated carbocycles. The van der Waals surface area contributed by atoms with Gasteiger partial charge in [-0.3, -0.25) is 0 Å². The number of hydrogen-bond donors (Lipinski definition) is 1. The van der Waals surface area contributed by atoms with Gasteiger partial charge in [0.2, 0.25) is 0 Å². The smallest absolute Gasteiger partial charge is 0.138 e. The highest BCUT2D eigenvalue weighted by atomic mass is 14.8. The number of rotatable bonds is 2. The maximum atomic E-state index is 2.93. The molecule has 9 heavy (non-hydrogen) atoms. The molecule has 0 unspecified atom stereocenters. The van der Waals surface area contributed by atoms with E-state index in [1.165, 1.54) is 0 Å². The predicted molar refractivity (Wildman–Crippen MR) is 38.6 cm³/mol. The standard InChI is InChI=1S/C8H11N/c1-3-5-7-9-8-6-4-2/h9H,7-8H2,1-2H3/p+1. The lowest BCUT2D eigenvalue weighted by Gasteiger charge is -1.84. The highest BCUT2D eigenvalue weighted by Gasteiger charge is 1.76. The van der Waals surface area contributed by atoms with Crippen LogP contribution in [0, 0.1) is 23.7 Å². The topological polar surface area (TPSA) is 16.6 Å². The van der Waals surface area contributed by atoms with Crippen LogP contribution in [-0.4, -0.2) is 13.1 Å². The van der Waals surface area contributed by atoms with E-state index < -0.39 is 0 Å². The van der Waals surface area contributed by atoms with Crippen LogP contribution >= 0.6 is 0 Å². The van der Waals surface area contributed by atoms with Gasteiger partial charge < -0.3 is 5.32 Å². The molecule has 0 aromatic rings. The van der Waals surface area contributed by atoms with Crippen LogP contribution in [0.25, 0.3) is 0 Å². The molecule has 0 rings (SSSR count). The van der Waals surface area contributed by atoms with Crippen molar-refractivity contribution in [1.29, 1.82) is 0 Å². The summed E-state index contributed by atoms with van der Waals surface area (Å²) in [4.78, 5) is 0. The lowest BCUT2D eigenvalue weighted by molar-refractivity contribution is -0.632. The molecule has 0 aromatic heterocycles. The van der Waals surface area contributed by atoms with Gasteiger partial charge >= 0.3 is 0 Å². The molecule has 1 heteroatoms. The third-order valence-corrected chi connectivity index (χ3v) is 0.846. The molecule has 0 aromatic carbocycles. The van der Waals surface area contributed by atoms with Gasteiger partial charge in [0.25, 0.3) is 0 Å². The number of quaternary nitrogens is 1. The molecule has 0 spiro atoms. The molecule has 0 radical (unpaired) electrons. The summed E-state index contributed by atoms with van der Waals surface area (Å²) >= 11 is 0. The van der Waals surface area contributed by atoms with Gasteiger partial charge in [-0.2, -0.15) is 0 Å². The first-order valence-corrected chi connectivity index (χ1v) is 3.02. The zero-order chi connectivity index (χ0) is 6.95. The van der Waals surface area contributed by atoms with E-state index in [0.717, 1.165) is 13.1 Å². The first-order chi connectivity index (χ1) is 4.41. The van der Waals surface area contributed by atoms with Crippen molar-refractivity contribution in [2.45, 2.75) is 13.8 Å². The number of nitrogens with two attached hydrogens (primary N) is 1.